The molecule has 0 saturated carbocycles. The number of nitrogens with two attached hydrogens (primary N) is 1. The maximum Gasteiger partial charge on any atom is 0.219 e. The fourth-order valence-corrected chi connectivity index (χ4v) is 1.23. The Bertz CT molecular complexity index is 394. The molecule has 2 aromatic rings. The van der Waals surface area contributed by atoms with E-state index in [0.29, 0.717) is 5.95 Å². The molecule has 0 bridgehead atoms. The summed E-state index contributed by atoms with van der Waals surface area (Å²) < 4.78 is 2.21. The van der Waals surface area contributed by atoms with Gasteiger partial charge in [-0.15, -0.1) is 0 Å². The molecule has 98 valence electrons. The van der Waals surface area contributed by atoms with E-state index in [-0.39, 0.29) is 12.4 Å². The van der Waals surface area contributed by atoms with Crippen LogP contribution in [0.3, 0.4) is 0 Å². The lowest BCUT2D eigenvalue weighted by Crippen LogP contribution is -3.00. The summed E-state index contributed by atoms with van der Waals surface area (Å²) in [6, 6.07) is 7.89. The molecular weight excluding hydrogens is 248 g/mol. The fourth-order valence-electron chi connectivity index (χ4n) is 1.23. The van der Waals surface area contributed by atoms with Gasteiger partial charge in [0.15, 0.2) is 12.4 Å². The van der Waals surface area contributed by atoms with Gasteiger partial charge in [0.2, 0.25) is 5.95 Å². The third-order valence-corrected chi connectivity index (χ3v) is 2.13. The van der Waals surface area contributed by atoms with E-state index in [9.17, 15) is 0 Å². The van der Waals surface area contributed by atoms with Crippen LogP contribution in [0.4, 0.5) is 5.95 Å². The summed E-state index contributed by atoms with van der Waals surface area (Å²) in [5, 5.41) is 0. The minimum Gasteiger partial charge on any atom is -1.00 e. The molecular formula is C13H19ClN4. The van der Waals surface area contributed by atoms with Crippen LogP contribution in [0.1, 0.15) is 19.8 Å². The van der Waals surface area contributed by atoms with E-state index in [2.05, 4.69) is 46.0 Å². The molecule has 0 fully saturated rings. The Morgan fingerprint density at radius 2 is 1.67 bits per heavy atom. The van der Waals surface area contributed by atoms with E-state index < -0.39 is 0 Å². The van der Waals surface area contributed by atoms with Crippen LogP contribution >= 0.6 is 0 Å². The number of halogens is 1. The van der Waals surface area contributed by atoms with Gasteiger partial charge >= 0.3 is 0 Å². The van der Waals surface area contributed by atoms with Crippen LogP contribution in [0.25, 0.3) is 0 Å². The van der Waals surface area contributed by atoms with Crippen molar-refractivity contribution in [2.24, 2.45) is 0 Å². The van der Waals surface area contributed by atoms with E-state index in [0.717, 1.165) is 6.54 Å². The molecule has 5 heteroatoms. The van der Waals surface area contributed by atoms with Crippen LogP contribution in [0.5, 0.6) is 0 Å². The van der Waals surface area contributed by atoms with Crippen LogP contribution in [0.15, 0.2) is 49.1 Å². The molecule has 0 aliphatic carbocycles. The average Bonchev–Trinajstić information content (AvgIpc) is 2.39. The maximum atomic E-state index is 5.14. The lowest BCUT2D eigenvalue weighted by molar-refractivity contribution is -0.697. The first-order valence-electron chi connectivity index (χ1n) is 5.79. The first-order valence-corrected chi connectivity index (χ1v) is 5.79. The van der Waals surface area contributed by atoms with Crippen molar-refractivity contribution in [1.29, 1.82) is 0 Å². The Kier molecular flexibility index (Phi) is 9.50. The highest BCUT2D eigenvalue weighted by molar-refractivity contribution is 5.11. The second kappa shape index (κ2) is 10.5. The maximum absolute atomic E-state index is 5.14. The molecule has 0 aromatic carbocycles. The molecule has 0 amide bonds. The van der Waals surface area contributed by atoms with Crippen LogP contribution in [-0.4, -0.2) is 9.97 Å². The zero-order chi connectivity index (χ0) is 12.3. The normalized spacial score (nSPS) is 8.72. The zero-order valence-electron chi connectivity index (χ0n) is 10.5. The number of hydrogen-bond donors (Lipinski definition) is 1. The van der Waals surface area contributed by atoms with Gasteiger partial charge in [-0.1, -0.05) is 19.4 Å². The van der Waals surface area contributed by atoms with E-state index in [1.165, 1.54) is 12.8 Å². The van der Waals surface area contributed by atoms with Gasteiger partial charge in [0.25, 0.3) is 0 Å². The highest BCUT2D eigenvalue weighted by Gasteiger charge is 1.93. The lowest BCUT2D eigenvalue weighted by Gasteiger charge is -1.91. The number of nitrogen functional groups attached to an aromatic ring is 1. The van der Waals surface area contributed by atoms with Crippen molar-refractivity contribution in [2.45, 2.75) is 26.3 Å². The molecule has 0 aliphatic heterocycles. The standard InChI is InChI=1S/C9H14N.C4H5N3.ClH/c1-2-3-7-10-8-5-4-6-9-10;5-4-6-2-1-3-7-4;/h4-6,8-9H,2-3,7H2,1H3;1-3H,(H2,5,6,7);1H/q+1;;/p-1. The Morgan fingerprint density at radius 3 is 2.11 bits per heavy atom. The topological polar surface area (TPSA) is 55.7 Å². The van der Waals surface area contributed by atoms with Crippen LogP contribution in [0, 0.1) is 0 Å². The number of aryl methyl sites for hydroxylation is 1. The number of rotatable bonds is 3. The Morgan fingerprint density at radius 1 is 1.06 bits per heavy atom. The van der Waals surface area contributed by atoms with Gasteiger partial charge in [-0.25, -0.2) is 14.5 Å². The molecule has 4 nitrogen and oxygen atoms in total. The van der Waals surface area contributed by atoms with Crippen molar-refractivity contribution >= 4 is 5.95 Å². The summed E-state index contributed by atoms with van der Waals surface area (Å²) in [7, 11) is 0. The summed E-state index contributed by atoms with van der Waals surface area (Å²) in [4.78, 5) is 7.29. The zero-order valence-corrected chi connectivity index (χ0v) is 11.3. The molecule has 0 unspecified atom stereocenters. The van der Waals surface area contributed by atoms with E-state index >= 15 is 0 Å². The van der Waals surface area contributed by atoms with Crippen molar-refractivity contribution in [3.8, 4) is 0 Å². The predicted octanol–water partition coefficient (Wildman–Crippen LogP) is -1.16. The highest BCUT2D eigenvalue weighted by atomic mass is 35.5. The first-order chi connectivity index (χ1) is 8.33. The number of unbranched alkanes of at least 4 members (excludes halogenated alkanes) is 1. The molecule has 2 N–H and O–H groups in total. The van der Waals surface area contributed by atoms with E-state index in [1.54, 1.807) is 18.5 Å². The second-order valence-electron chi connectivity index (χ2n) is 3.57. The van der Waals surface area contributed by atoms with Crippen molar-refractivity contribution in [1.82, 2.24) is 9.97 Å². The highest BCUT2D eigenvalue weighted by Crippen LogP contribution is 1.85. The third-order valence-electron chi connectivity index (χ3n) is 2.13. The summed E-state index contributed by atoms with van der Waals surface area (Å²) in [5.41, 5.74) is 5.14. The molecule has 2 rings (SSSR count). The predicted molar refractivity (Wildman–Crippen MR) is 68.0 cm³/mol. The van der Waals surface area contributed by atoms with Gasteiger partial charge in [-0.05, 0) is 6.07 Å². The molecule has 0 saturated heterocycles. The lowest BCUT2D eigenvalue weighted by atomic mass is 10.3. The number of hydrogen-bond acceptors (Lipinski definition) is 3. The van der Waals surface area contributed by atoms with Crippen LogP contribution in [-0.2, 0) is 6.54 Å². The van der Waals surface area contributed by atoms with Gasteiger partial charge in [0.05, 0.1) is 0 Å². The molecule has 0 aliphatic rings. The van der Waals surface area contributed by atoms with Gasteiger partial charge in [0, 0.05) is 30.9 Å². The van der Waals surface area contributed by atoms with Gasteiger partial charge in [0.1, 0.15) is 6.54 Å². The Hall–Kier alpha value is -1.68. The van der Waals surface area contributed by atoms with Crippen molar-refractivity contribution < 1.29 is 17.0 Å². The Balaban J connectivity index is 0.000000321. The largest absolute Gasteiger partial charge is 1.00 e. The minimum absolute atomic E-state index is 0. The number of pyridine rings is 1. The van der Waals surface area contributed by atoms with Crippen LogP contribution < -0.4 is 22.7 Å². The second-order valence-corrected chi connectivity index (χ2v) is 3.57. The van der Waals surface area contributed by atoms with Gasteiger partial charge in [-0.2, -0.15) is 0 Å². The minimum atomic E-state index is 0. The van der Waals surface area contributed by atoms with E-state index in [1.807, 2.05) is 6.07 Å². The van der Waals surface area contributed by atoms with Crippen molar-refractivity contribution in [3.05, 3.63) is 49.1 Å². The molecule has 2 heterocycles. The number of anilines is 1. The van der Waals surface area contributed by atoms with Crippen LogP contribution in [0.2, 0.25) is 0 Å². The van der Waals surface area contributed by atoms with Crippen molar-refractivity contribution in [2.75, 3.05) is 5.73 Å². The third kappa shape index (κ3) is 7.57. The number of nitrogens with zero attached hydrogens (tertiary/aromatic N) is 3. The van der Waals surface area contributed by atoms with Gasteiger partial charge < -0.3 is 18.1 Å². The molecule has 0 radical (unpaired) electrons. The summed E-state index contributed by atoms with van der Waals surface area (Å²) in [5.74, 6) is 0.322. The number of aromatic nitrogens is 3. The van der Waals surface area contributed by atoms with Crippen molar-refractivity contribution in [3.63, 3.8) is 0 Å². The first kappa shape index (κ1) is 16.3. The SMILES string of the molecule is CCCC[n+]1ccccc1.Nc1ncccn1.[Cl-]. The smallest absolute Gasteiger partial charge is 0.219 e. The van der Waals surface area contributed by atoms with Gasteiger partial charge in [-0.3, -0.25) is 0 Å². The molecule has 18 heavy (non-hydrogen) atoms. The quantitative estimate of drug-likeness (QED) is 0.713. The Labute approximate surface area is 114 Å². The monoisotopic (exact) mass is 266 g/mol. The van der Waals surface area contributed by atoms with E-state index in [4.69, 9.17) is 5.73 Å². The average molecular weight is 267 g/mol. The summed E-state index contributed by atoms with van der Waals surface area (Å²) in [6.07, 6.45) is 9.95. The molecule has 0 spiro atoms. The fraction of sp³-hybridized carbons (Fsp3) is 0.308. The summed E-state index contributed by atoms with van der Waals surface area (Å²) in [6.45, 7) is 3.36. The summed E-state index contributed by atoms with van der Waals surface area (Å²) >= 11 is 0. The molecule has 2 aromatic heterocycles. The molecule has 0 atom stereocenters.